The van der Waals surface area contributed by atoms with Gasteiger partial charge in [0.1, 0.15) is 5.78 Å². The van der Waals surface area contributed by atoms with Crippen molar-refractivity contribution in [2.24, 2.45) is 23.7 Å². The van der Waals surface area contributed by atoms with Gasteiger partial charge in [-0.25, -0.2) is 0 Å². The van der Waals surface area contributed by atoms with E-state index >= 15 is 0 Å². The first kappa shape index (κ1) is 11.1. The topological polar surface area (TPSA) is 29.1 Å². The molecule has 2 nitrogen and oxygen atoms in total. The molecular formula is C13H23NO. The molecule has 2 fully saturated rings. The van der Waals surface area contributed by atoms with Gasteiger partial charge in [0.05, 0.1) is 0 Å². The van der Waals surface area contributed by atoms with E-state index in [1.807, 2.05) is 0 Å². The molecule has 0 spiro atoms. The Labute approximate surface area is 92.8 Å². The Balaban J connectivity index is 1.89. The highest BCUT2D eigenvalue weighted by molar-refractivity contribution is 5.86. The van der Waals surface area contributed by atoms with E-state index in [9.17, 15) is 4.79 Å². The predicted octanol–water partition coefficient (Wildman–Crippen LogP) is 2.24. The second-order valence-electron chi connectivity index (χ2n) is 5.70. The Morgan fingerprint density at radius 3 is 2.53 bits per heavy atom. The normalized spacial score (nSPS) is 42.3. The molecule has 0 radical (unpaired) electrons. The van der Waals surface area contributed by atoms with Gasteiger partial charge in [0, 0.05) is 17.9 Å². The quantitative estimate of drug-likeness (QED) is 0.772. The molecule has 0 bridgehead atoms. The molecule has 5 atom stereocenters. The Hall–Kier alpha value is -0.370. The van der Waals surface area contributed by atoms with E-state index < -0.39 is 0 Å². The highest BCUT2D eigenvalue weighted by Crippen LogP contribution is 2.41. The molecule has 0 aromatic heterocycles. The third-order valence-electron chi connectivity index (χ3n) is 4.23. The zero-order chi connectivity index (χ0) is 11.0. The molecule has 2 heteroatoms. The molecule has 2 rings (SSSR count). The SMILES string of the molecule is CC1CCNC(C(C)C(=O)C2CC2C)C1. The van der Waals surface area contributed by atoms with Crippen molar-refractivity contribution in [2.45, 2.75) is 46.1 Å². The van der Waals surface area contributed by atoms with Gasteiger partial charge in [-0.3, -0.25) is 4.79 Å². The number of rotatable bonds is 3. The summed E-state index contributed by atoms with van der Waals surface area (Å²) in [7, 11) is 0. The Morgan fingerprint density at radius 1 is 1.33 bits per heavy atom. The molecule has 1 saturated heterocycles. The Bertz CT molecular complexity index is 251. The molecular weight excluding hydrogens is 186 g/mol. The second-order valence-corrected chi connectivity index (χ2v) is 5.70. The molecule has 1 saturated carbocycles. The van der Waals surface area contributed by atoms with Gasteiger partial charge in [-0.05, 0) is 37.6 Å². The Kier molecular flexibility index (Phi) is 3.15. The summed E-state index contributed by atoms with van der Waals surface area (Å²) in [6.45, 7) is 7.68. The fraction of sp³-hybridized carbons (Fsp3) is 0.923. The fourth-order valence-electron chi connectivity index (χ4n) is 2.79. The maximum absolute atomic E-state index is 12.1. The number of piperidine rings is 1. The van der Waals surface area contributed by atoms with Gasteiger partial charge in [0.2, 0.25) is 0 Å². The van der Waals surface area contributed by atoms with E-state index in [2.05, 4.69) is 26.1 Å². The first-order chi connectivity index (χ1) is 7.09. The van der Waals surface area contributed by atoms with Crippen molar-refractivity contribution < 1.29 is 4.79 Å². The third-order valence-corrected chi connectivity index (χ3v) is 4.23. The summed E-state index contributed by atoms with van der Waals surface area (Å²) >= 11 is 0. The minimum absolute atomic E-state index is 0.225. The summed E-state index contributed by atoms with van der Waals surface area (Å²) in [6.07, 6.45) is 3.57. The lowest BCUT2D eigenvalue weighted by Crippen LogP contribution is -2.44. The number of carbonyl (C=O) groups excluding carboxylic acids is 1. The van der Waals surface area contributed by atoms with Gasteiger partial charge in [-0.15, -0.1) is 0 Å². The fourth-order valence-corrected chi connectivity index (χ4v) is 2.79. The van der Waals surface area contributed by atoms with Crippen molar-refractivity contribution in [2.75, 3.05) is 6.54 Å². The average molecular weight is 209 g/mol. The lowest BCUT2D eigenvalue weighted by Gasteiger charge is -2.32. The van der Waals surface area contributed by atoms with E-state index in [4.69, 9.17) is 0 Å². The monoisotopic (exact) mass is 209 g/mol. The van der Waals surface area contributed by atoms with Crippen molar-refractivity contribution in [1.29, 1.82) is 0 Å². The van der Waals surface area contributed by atoms with E-state index in [0.29, 0.717) is 23.7 Å². The van der Waals surface area contributed by atoms with E-state index in [0.717, 1.165) is 18.9 Å². The van der Waals surface area contributed by atoms with Crippen LogP contribution in [0.4, 0.5) is 0 Å². The van der Waals surface area contributed by atoms with Crippen molar-refractivity contribution in [3.63, 3.8) is 0 Å². The maximum Gasteiger partial charge on any atom is 0.140 e. The highest BCUT2D eigenvalue weighted by atomic mass is 16.1. The molecule has 1 N–H and O–H groups in total. The summed E-state index contributed by atoms with van der Waals surface area (Å²) in [4.78, 5) is 12.1. The van der Waals surface area contributed by atoms with Crippen molar-refractivity contribution >= 4 is 5.78 Å². The number of carbonyl (C=O) groups is 1. The van der Waals surface area contributed by atoms with E-state index in [1.165, 1.54) is 12.8 Å². The molecule has 1 heterocycles. The van der Waals surface area contributed by atoms with Gasteiger partial charge in [-0.1, -0.05) is 20.8 Å². The van der Waals surface area contributed by atoms with Gasteiger partial charge in [-0.2, -0.15) is 0 Å². The largest absolute Gasteiger partial charge is 0.313 e. The number of nitrogens with one attached hydrogen (secondary N) is 1. The number of hydrogen-bond donors (Lipinski definition) is 1. The van der Waals surface area contributed by atoms with Crippen LogP contribution in [-0.2, 0) is 4.79 Å². The first-order valence-electron chi connectivity index (χ1n) is 6.36. The summed E-state index contributed by atoms with van der Waals surface area (Å²) < 4.78 is 0. The van der Waals surface area contributed by atoms with E-state index in [1.54, 1.807) is 0 Å². The Morgan fingerprint density at radius 2 is 2.00 bits per heavy atom. The molecule has 1 aliphatic carbocycles. The van der Waals surface area contributed by atoms with Gasteiger partial charge in [0.25, 0.3) is 0 Å². The van der Waals surface area contributed by atoms with Crippen LogP contribution in [0, 0.1) is 23.7 Å². The maximum atomic E-state index is 12.1. The van der Waals surface area contributed by atoms with Crippen LogP contribution in [0.2, 0.25) is 0 Å². The standard InChI is InChI=1S/C13H23NO/c1-8-4-5-14-12(6-8)10(3)13(15)11-7-9(11)2/h8-12,14H,4-7H2,1-3H3. The van der Waals surface area contributed by atoms with Crippen LogP contribution in [0.3, 0.4) is 0 Å². The lowest BCUT2D eigenvalue weighted by molar-refractivity contribution is -0.125. The van der Waals surface area contributed by atoms with Gasteiger partial charge in [0.15, 0.2) is 0 Å². The smallest absolute Gasteiger partial charge is 0.140 e. The van der Waals surface area contributed by atoms with Crippen LogP contribution in [0.1, 0.15) is 40.0 Å². The molecule has 1 aliphatic heterocycles. The van der Waals surface area contributed by atoms with E-state index in [-0.39, 0.29) is 5.92 Å². The molecule has 5 unspecified atom stereocenters. The molecule has 86 valence electrons. The molecule has 2 aliphatic rings. The van der Waals surface area contributed by atoms with Crippen LogP contribution < -0.4 is 5.32 Å². The van der Waals surface area contributed by atoms with Crippen molar-refractivity contribution in [3.8, 4) is 0 Å². The second kappa shape index (κ2) is 4.25. The number of hydrogen-bond acceptors (Lipinski definition) is 2. The van der Waals surface area contributed by atoms with Gasteiger partial charge < -0.3 is 5.32 Å². The van der Waals surface area contributed by atoms with Crippen LogP contribution in [0.25, 0.3) is 0 Å². The summed E-state index contributed by atoms with van der Waals surface area (Å²) in [5, 5.41) is 3.51. The average Bonchev–Trinajstić information content (AvgIpc) is 2.93. The summed E-state index contributed by atoms with van der Waals surface area (Å²) in [5.41, 5.74) is 0. The van der Waals surface area contributed by atoms with Crippen LogP contribution in [0.15, 0.2) is 0 Å². The first-order valence-corrected chi connectivity index (χ1v) is 6.36. The lowest BCUT2D eigenvalue weighted by atomic mass is 9.84. The highest BCUT2D eigenvalue weighted by Gasteiger charge is 2.42. The number of Topliss-reactive ketones (excluding diaryl/α,β-unsaturated/α-hetero) is 1. The predicted molar refractivity (Wildman–Crippen MR) is 61.6 cm³/mol. The van der Waals surface area contributed by atoms with Crippen LogP contribution in [-0.4, -0.2) is 18.4 Å². The molecule has 0 amide bonds. The summed E-state index contributed by atoms with van der Waals surface area (Å²) in [6, 6.07) is 0.439. The molecule has 0 aromatic carbocycles. The minimum atomic E-state index is 0.225. The minimum Gasteiger partial charge on any atom is -0.313 e. The van der Waals surface area contributed by atoms with Crippen LogP contribution in [0.5, 0.6) is 0 Å². The van der Waals surface area contributed by atoms with Crippen molar-refractivity contribution in [3.05, 3.63) is 0 Å². The zero-order valence-corrected chi connectivity index (χ0v) is 10.1. The number of ketones is 1. The molecule has 0 aromatic rings. The molecule has 15 heavy (non-hydrogen) atoms. The van der Waals surface area contributed by atoms with Gasteiger partial charge >= 0.3 is 0 Å². The third kappa shape index (κ3) is 2.41. The zero-order valence-electron chi connectivity index (χ0n) is 10.1. The van der Waals surface area contributed by atoms with Crippen LogP contribution >= 0.6 is 0 Å². The van der Waals surface area contributed by atoms with Crippen molar-refractivity contribution in [1.82, 2.24) is 5.32 Å². The summed E-state index contributed by atoms with van der Waals surface area (Å²) in [5.74, 6) is 2.56.